The van der Waals surface area contributed by atoms with E-state index < -0.39 is 30.2 Å². The third-order valence-electron chi connectivity index (χ3n) is 6.95. The maximum absolute atomic E-state index is 12.5. The largest absolute Gasteiger partial charge is 0.493 e. The average molecular weight is 683 g/mol. The zero-order valence-electron chi connectivity index (χ0n) is 26.5. The Balaban J connectivity index is 1.38. The number of rotatable bonds is 15. The second-order valence-electron chi connectivity index (χ2n) is 10.2. The van der Waals surface area contributed by atoms with E-state index in [0.29, 0.717) is 46.4 Å². The van der Waals surface area contributed by atoms with Crippen LogP contribution in [0, 0.1) is 0 Å². The van der Waals surface area contributed by atoms with E-state index in [4.69, 9.17) is 40.4 Å². The summed E-state index contributed by atoms with van der Waals surface area (Å²) < 4.78 is 27.7. The number of hydrogen-bond donors (Lipinski definition) is 5. The van der Waals surface area contributed by atoms with Crippen LogP contribution in [0.2, 0.25) is 5.02 Å². The second kappa shape index (κ2) is 16.4. The molecule has 1 heterocycles. The van der Waals surface area contributed by atoms with Gasteiger partial charge in [0.15, 0.2) is 29.2 Å². The molecule has 254 valence electrons. The molecule has 2 amide bonds. The molecule has 0 saturated heterocycles. The molecule has 48 heavy (non-hydrogen) atoms. The summed E-state index contributed by atoms with van der Waals surface area (Å²) in [4.78, 5) is 35.7. The van der Waals surface area contributed by atoms with Crippen LogP contribution in [0.25, 0.3) is 0 Å². The van der Waals surface area contributed by atoms with Crippen molar-refractivity contribution in [3.05, 3.63) is 93.1 Å². The summed E-state index contributed by atoms with van der Waals surface area (Å²) in [5, 5.41) is 29.1. The van der Waals surface area contributed by atoms with Gasteiger partial charge in [-0.2, -0.15) is 5.10 Å². The van der Waals surface area contributed by atoms with Gasteiger partial charge in [-0.05, 0) is 66.9 Å². The number of allylic oxidation sites excluding steroid dienone is 1. The van der Waals surface area contributed by atoms with Gasteiger partial charge in [0.2, 0.25) is 0 Å². The SMILES string of the molecule is CCOc1cc([C@H]2NC(=O)NC(C)=C2C(=O)OC)ccc1OC[C@H](O)N/N=C\c1cc(Cl)c(OCc2ccc(C(=O)O)cc2)c(OC)c1. The van der Waals surface area contributed by atoms with Gasteiger partial charge in [-0.1, -0.05) is 29.8 Å². The van der Waals surface area contributed by atoms with Gasteiger partial charge < -0.3 is 44.5 Å². The molecular formula is C33H35ClN4O10. The normalized spacial score (nSPS) is 14.9. The van der Waals surface area contributed by atoms with Gasteiger partial charge in [0.1, 0.15) is 13.2 Å². The first-order chi connectivity index (χ1) is 23.0. The molecule has 3 aromatic carbocycles. The molecule has 1 aliphatic heterocycles. The molecule has 15 heteroatoms. The van der Waals surface area contributed by atoms with Crippen molar-refractivity contribution in [1.29, 1.82) is 0 Å². The third kappa shape index (κ3) is 8.86. The van der Waals surface area contributed by atoms with Crippen molar-refractivity contribution in [3.8, 4) is 23.0 Å². The van der Waals surface area contributed by atoms with Gasteiger partial charge in [0.25, 0.3) is 0 Å². The average Bonchev–Trinajstić information content (AvgIpc) is 3.06. The van der Waals surface area contributed by atoms with E-state index in [2.05, 4.69) is 21.2 Å². The monoisotopic (exact) mass is 682 g/mol. The van der Waals surface area contributed by atoms with Gasteiger partial charge in [0.05, 0.1) is 49.2 Å². The van der Waals surface area contributed by atoms with E-state index in [0.717, 1.165) is 5.56 Å². The van der Waals surface area contributed by atoms with Crippen molar-refractivity contribution in [1.82, 2.24) is 16.1 Å². The lowest BCUT2D eigenvalue weighted by atomic mass is 9.95. The lowest BCUT2D eigenvalue weighted by Gasteiger charge is -2.28. The number of urea groups is 1. The van der Waals surface area contributed by atoms with Crippen molar-refractivity contribution in [2.24, 2.45) is 5.10 Å². The molecule has 0 aliphatic carbocycles. The van der Waals surface area contributed by atoms with Crippen molar-refractivity contribution in [2.45, 2.75) is 32.7 Å². The van der Waals surface area contributed by atoms with Crippen LogP contribution in [-0.2, 0) is 16.1 Å². The van der Waals surface area contributed by atoms with Crippen molar-refractivity contribution in [2.75, 3.05) is 27.4 Å². The molecule has 2 atom stereocenters. The van der Waals surface area contributed by atoms with Gasteiger partial charge >= 0.3 is 18.0 Å². The summed E-state index contributed by atoms with van der Waals surface area (Å²) in [5.74, 6) is -0.319. The number of amides is 2. The fourth-order valence-corrected chi connectivity index (χ4v) is 4.95. The quantitative estimate of drug-likeness (QED) is 0.0671. The van der Waals surface area contributed by atoms with Crippen LogP contribution in [0.3, 0.4) is 0 Å². The highest BCUT2D eigenvalue weighted by molar-refractivity contribution is 6.32. The molecule has 0 radical (unpaired) electrons. The molecule has 3 aromatic rings. The lowest BCUT2D eigenvalue weighted by molar-refractivity contribution is -0.136. The third-order valence-corrected chi connectivity index (χ3v) is 7.23. The Morgan fingerprint density at radius 2 is 1.79 bits per heavy atom. The highest BCUT2D eigenvalue weighted by Gasteiger charge is 2.32. The minimum Gasteiger partial charge on any atom is -0.493 e. The number of hydrogen-bond acceptors (Lipinski definition) is 11. The number of esters is 1. The number of methoxy groups -OCH3 is 2. The summed E-state index contributed by atoms with van der Waals surface area (Å²) >= 11 is 6.46. The van der Waals surface area contributed by atoms with Gasteiger partial charge in [-0.15, -0.1) is 0 Å². The number of carbonyl (C=O) groups excluding carboxylic acids is 2. The summed E-state index contributed by atoms with van der Waals surface area (Å²) in [6.07, 6.45) is 0.205. The molecule has 0 unspecified atom stereocenters. The Hall–Kier alpha value is -5.47. The van der Waals surface area contributed by atoms with E-state index in [1.54, 1.807) is 56.3 Å². The zero-order valence-corrected chi connectivity index (χ0v) is 27.3. The summed E-state index contributed by atoms with van der Waals surface area (Å²) in [5.41, 5.74) is 5.20. The van der Waals surface area contributed by atoms with E-state index in [-0.39, 0.29) is 29.4 Å². The maximum Gasteiger partial charge on any atom is 0.337 e. The van der Waals surface area contributed by atoms with E-state index in [1.165, 1.54) is 32.6 Å². The molecule has 0 fully saturated rings. The van der Waals surface area contributed by atoms with Crippen molar-refractivity contribution < 1.29 is 48.3 Å². The van der Waals surface area contributed by atoms with E-state index in [9.17, 15) is 19.5 Å². The highest BCUT2D eigenvalue weighted by atomic mass is 35.5. The predicted octanol–water partition coefficient (Wildman–Crippen LogP) is 4.15. The fourth-order valence-electron chi connectivity index (χ4n) is 4.67. The molecule has 14 nitrogen and oxygen atoms in total. The number of carbonyl (C=O) groups is 3. The number of benzene rings is 3. The number of hydrazone groups is 1. The number of carboxylic acids is 1. The van der Waals surface area contributed by atoms with Crippen LogP contribution in [-0.4, -0.2) is 68.1 Å². The van der Waals surface area contributed by atoms with Crippen LogP contribution in [0.1, 0.15) is 46.9 Å². The smallest absolute Gasteiger partial charge is 0.337 e. The van der Waals surface area contributed by atoms with Crippen LogP contribution in [0.5, 0.6) is 23.0 Å². The van der Waals surface area contributed by atoms with Gasteiger partial charge in [0, 0.05) is 5.70 Å². The molecular weight excluding hydrogens is 648 g/mol. The molecule has 4 rings (SSSR count). The second-order valence-corrected chi connectivity index (χ2v) is 10.6. The van der Waals surface area contributed by atoms with Crippen molar-refractivity contribution >= 4 is 35.8 Å². The molecule has 0 aromatic heterocycles. The van der Waals surface area contributed by atoms with Gasteiger partial charge in [-0.25, -0.2) is 14.4 Å². The number of halogens is 1. The number of nitrogens with zero attached hydrogens (tertiary/aromatic N) is 1. The first kappa shape index (κ1) is 35.4. The van der Waals surface area contributed by atoms with Crippen LogP contribution in [0.15, 0.2) is 71.0 Å². The number of ether oxygens (including phenoxy) is 5. The summed E-state index contributed by atoms with van der Waals surface area (Å²) in [6, 6.07) is 13.2. The van der Waals surface area contributed by atoms with Crippen LogP contribution in [0.4, 0.5) is 4.79 Å². The minimum absolute atomic E-state index is 0.130. The Morgan fingerprint density at radius 1 is 1.04 bits per heavy atom. The molecule has 0 bridgehead atoms. The van der Waals surface area contributed by atoms with Crippen LogP contribution >= 0.6 is 11.6 Å². The first-order valence-electron chi connectivity index (χ1n) is 14.6. The molecule has 5 N–H and O–H groups in total. The molecule has 0 saturated carbocycles. The number of carboxylic acid groups (broad SMARTS) is 1. The summed E-state index contributed by atoms with van der Waals surface area (Å²) in [7, 11) is 2.72. The minimum atomic E-state index is -1.22. The Bertz CT molecular complexity index is 1710. The van der Waals surface area contributed by atoms with Crippen LogP contribution < -0.4 is 35.0 Å². The number of aliphatic hydroxyl groups is 1. The Morgan fingerprint density at radius 3 is 2.46 bits per heavy atom. The van der Waals surface area contributed by atoms with Crippen molar-refractivity contribution in [3.63, 3.8) is 0 Å². The standard InChI is InChI=1S/C33H35ClN4O10/c1-5-46-25-14-22(29-28(32(42)45-4)18(2)36-33(43)37-29)10-11-24(25)47-17-27(39)38-35-15-20-12-23(34)30(26(13-20)44-3)48-16-19-6-8-21(9-7-19)31(40)41/h6-15,27,29,38-39H,5,16-17H2,1-4H3,(H,40,41)(H2,36,37,43)/b35-15-/t27-,29+/m0/s1. The molecule has 0 spiro atoms. The first-order valence-corrected chi connectivity index (χ1v) is 15.0. The van der Waals surface area contributed by atoms with Gasteiger partial charge in [-0.3, -0.25) is 5.43 Å². The lowest BCUT2D eigenvalue weighted by Crippen LogP contribution is -2.45. The Labute approximate surface area is 281 Å². The Kier molecular flexibility index (Phi) is 12.1. The highest BCUT2D eigenvalue weighted by Crippen LogP contribution is 2.37. The summed E-state index contributed by atoms with van der Waals surface area (Å²) in [6.45, 7) is 3.62. The number of aromatic carboxylic acids is 1. The van der Waals surface area contributed by atoms with E-state index in [1.807, 2.05) is 0 Å². The maximum atomic E-state index is 12.5. The fraction of sp³-hybridized carbons (Fsp3) is 0.273. The number of aliphatic hydroxyl groups excluding tert-OH is 1. The van der Waals surface area contributed by atoms with E-state index >= 15 is 0 Å². The topological polar surface area (TPSA) is 186 Å². The predicted molar refractivity (Wildman–Crippen MR) is 175 cm³/mol. The molecule has 1 aliphatic rings. The number of nitrogens with one attached hydrogen (secondary N) is 3. The zero-order chi connectivity index (χ0) is 34.8.